The largest absolute Gasteiger partial charge is 0.324 e. The number of allylic oxidation sites excluding steroid dienone is 5. The third kappa shape index (κ3) is 6.04. The molecule has 1 aliphatic carbocycles. The molecule has 5 nitrogen and oxygen atoms in total. The van der Waals surface area contributed by atoms with E-state index in [2.05, 4.69) is 5.43 Å². The van der Waals surface area contributed by atoms with E-state index in [0.29, 0.717) is 31.6 Å². The van der Waals surface area contributed by atoms with Gasteiger partial charge in [0.05, 0.1) is 12.0 Å². The molecule has 0 spiro atoms. The standard InChI is InChI=1S/C15H25F2N3O2S/c1-4-20(23(3,21)22)7-5-6-12-8-11(2)14(19-18)10-13(9-12)15(16)17/h8-10,12,15,19H,4-7,18H2,1-3H3. The molecule has 23 heavy (non-hydrogen) atoms. The second-order valence-electron chi connectivity index (χ2n) is 5.58. The number of nitrogens with zero attached hydrogens (tertiary/aromatic N) is 1. The van der Waals surface area contributed by atoms with E-state index in [4.69, 9.17) is 5.84 Å². The van der Waals surface area contributed by atoms with Crippen molar-refractivity contribution in [3.05, 3.63) is 35.1 Å². The maximum atomic E-state index is 13.1. The molecule has 0 aliphatic heterocycles. The number of halogens is 2. The average molecular weight is 349 g/mol. The smallest absolute Gasteiger partial charge is 0.263 e. The molecule has 0 aromatic rings. The van der Waals surface area contributed by atoms with Crippen LogP contribution in [-0.4, -0.2) is 38.5 Å². The van der Waals surface area contributed by atoms with Gasteiger partial charge in [-0.15, -0.1) is 0 Å². The Morgan fingerprint density at radius 2 is 2.04 bits per heavy atom. The summed E-state index contributed by atoms with van der Waals surface area (Å²) >= 11 is 0. The molecule has 1 unspecified atom stereocenters. The fourth-order valence-corrected chi connectivity index (χ4v) is 3.48. The average Bonchev–Trinajstić information content (AvgIpc) is 2.61. The van der Waals surface area contributed by atoms with E-state index in [1.54, 1.807) is 13.8 Å². The molecule has 0 fully saturated rings. The molecule has 0 aromatic heterocycles. The molecule has 0 saturated carbocycles. The normalized spacial score (nSPS) is 19.3. The molecule has 1 atom stereocenters. The highest BCUT2D eigenvalue weighted by Gasteiger charge is 2.18. The zero-order valence-corrected chi connectivity index (χ0v) is 14.5. The van der Waals surface area contributed by atoms with Crippen LogP contribution in [0.15, 0.2) is 35.1 Å². The molecule has 132 valence electrons. The van der Waals surface area contributed by atoms with Gasteiger partial charge in [-0.05, 0) is 37.3 Å². The zero-order valence-electron chi connectivity index (χ0n) is 13.7. The summed E-state index contributed by atoms with van der Waals surface area (Å²) in [6, 6.07) is 0. The summed E-state index contributed by atoms with van der Waals surface area (Å²) in [6.45, 7) is 4.36. The summed E-state index contributed by atoms with van der Waals surface area (Å²) in [5.74, 6) is 5.19. The topological polar surface area (TPSA) is 75.4 Å². The molecule has 0 radical (unpaired) electrons. The van der Waals surface area contributed by atoms with Crippen molar-refractivity contribution >= 4 is 10.0 Å². The highest BCUT2D eigenvalue weighted by molar-refractivity contribution is 7.88. The number of nitrogens with two attached hydrogens (primary N) is 1. The Morgan fingerprint density at radius 3 is 2.52 bits per heavy atom. The fourth-order valence-electron chi connectivity index (χ4n) is 2.55. The highest BCUT2D eigenvalue weighted by atomic mass is 32.2. The second kappa shape index (κ2) is 8.56. The molecule has 0 heterocycles. The monoisotopic (exact) mass is 349 g/mol. The minimum Gasteiger partial charge on any atom is -0.324 e. The van der Waals surface area contributed by atoms with Crippen LogP contribution in [0.4, 0.5) is 8.78 Å². The van der Waals surface area contributed by atoms with Gasteiger partial charge in [0.1, 0.15) is 0 Å². The molecule has 1 rings (SSSR count). The Hall–Kier alpha value is -1.25. The van der Waals surface area contributed by atoms with Crippen LogP contribution >= 0.6 is 0 Å². The van der Waals surface area contributed by atoms with Crippen molar-refractivity contribution < 1.29 is 17.2 Å². The van der Waals surface area contributed by atoms with Gasteiger partial charge in [0, 0.05) is 18.7 Å². The molecule has 0 saturated heterocycles. The van der Waals surface area contributed by atoms with Gasteiger partial charge in [-0.2, -0.15) is 0 Å². The number of alkyl halides is 2. The minimum atomic E-state index is -3.23. The van der Waals surface area contributed by atoms with Crippen molar-refractivity contribution in [2.24, 2.45) is 11.8 Å². The Morgan fingerprint density at radius 1 is 1.39 bits per heavy atom. The maximum Gasteiger partial charge on any atom is 0.263 e. The minimum absolute atomic E-state index is 0.0773. The first-order valence-electron chi connectivity index (χ1n) is 7.51. The van der Waals surface area contributed by atoms with Crippen LogP contribution in [0.1, 0.15) is 26.7 Å². The summed E-state index contributed by atoms with van der Waals surface area (Å²) in [4.78, 5) is 0. The van der Waals surface area contributed by atoms with Gasteiger partial charge in [0.2, 0.25) is 10.0 Å². The molecule has 0 aromatic carbocycles. The predicted octanol–water partition coefficient (Wildman–Crippen LogP) is 2.16. The Balaban J connectivity index is 2.80. The lowest BCUT2D eigenvalue weighted by atomic mass is 9.99. The van der Waals surface area contributed by atoms with Crippen molar-refractivity contribution in [1.82, 2.24) is 9.73 Å². The zero-order chi connectivity index (χ0) is 17.6. The van der Waals surface area contributed by atoms with Crippen molar-refractivity contribution in [1.29, 1.82) is 0 Å². The number of sulfonamides is 1. The van der Waals surface area contributed by atoms with Crippen molar-refractivity contribution in [3.8, 4) is 0 Å². The summed E-state index contributed by atoms with van der Waals surface area (Å²) in [6.07, 6.45) is 4.52. The molecule has 1 aliphatic rings. The number of hydrogen-bond donors (Lipinski definition) is 2. The van der Waals surface area contributed by atoms with Gasteiger partial charge in [0.15, 0.2) is 0 Å². The van der Waals surface area contributed by atoms with Gasteiger partial charge < -0.3 is 5.43 Å². The Bertz CT molecular complexity index is 598. The third-order valence-electron chi connectivity index (χ3n) is 3.78. The van der Waals surface area contributed by atoms with E-state index in [1.165, 1.54) is 22.7 Å². The molecule has 0 bridgehead atoms. The lowest BCUT2D eigenvalue weighted by Gasteiger charge is -2.18. The molecule has 0 amide bonds. The SMILES string of the molecule is CCN(CCCC1C=C(C)C(NN)=CC(C(F)F)=C1)S(C)(=O)=O. The van der Waals surface area contributed by atoms with Gasteiger partial charge >= 0.3 is 0 Å². The van der Waals surface area contributed by atoms with E-state index >= 15 is 0 Å². The maximum absolute atomic E-state index is 13.1. The lowest BCUT2D eigenvalue weighted by Crippen LogP contribution is -2.30. The van der Waals surface area contributed by atoms with Crippen LogP contribution in [0.2, 0.25) is 0 Å². The summed E-state index contributed by atoms with van der Waals surface area (Å²) in [5.41, 5.74) is 3.61. The van der Waals surface area contributed by atoms with Crippen LogP contribution in [-0.2, 0) is 10.0 Å². The van der Waals surface area contributed by atoms with Gasteiger partial charge in [-0.1, -0.05) is 19.1 Å². The highest BCUT2D eigenvalue weighted by Crippen LogP contribution is 2.26. The number of nitrogens with one attached hydrogen (secondary N) is 1. The predicted molar refractivity (Wildman–Crippen MR) is 88.1 cm³/mol. The summed E-state index contributed by atoms with van der Waals surface area (Å²) in [5, 5.41) is 0. The summed E-state index contributed by atoms with van der Waals surface area (Å²) < 4.78 is 50.6. The fraction of sp³-hybridized carbons (Fsp3) is 0.600. The first-order chi connectivity index (χ1) is 10.7. The van der Waals surface area contributed by atoms with E-state index in [1.807, 2.05) is 6.08 Å². The lowest BCUT2D eigenvalue weighted by molar-refractivity contribution is 0.193. The quantitative estimate of drug-likeness (QED) is 0.520. The Kier molecular flexibility index (Phi) is 7.37. The Labute approximate surface area is 136 Å². The van der Waals surface area contributed by atoms with Gasteiger partial charge in [-0.25, -0.2) is 21.5 Å². The summed E-state index contributed by atoms with van der Waals surface area (Å²) in [7, 11) is -3.23. The molecule has 3 N–H and O–H groups in total. The van der Waals surface area contributed by atoms with Crippen molar-refractivity contribution in [3.63, 3.8) is 0 Å². The van der Waals surface area contributed by atoms with Crippen LogP contribution < -0.4 is 11.3 Å². The number of rotatable bonds is 8. The number of hydrazine groups is 1. The van der Waals surface area contributed by atoms with E-state index in [-0.39, 0.29) is 11.5 Å². The first kappa shape index (κ1) is 19.8. The van der Waals surface area contributed by atoms with E-state index < -0.39 is 16.4 Å². The molecular formula is C15H25F2N3O2S. The molecule has 8 heteroatoms. The van der Waals surface area contributed by atoms with Crippen LogP contribution in [0.3, 0.4) is 0 Å². The number of hydrogen-bond acceptors (Lipinski definition) is 4. The van der Waals surface area contributed by atoms with Crippen molar-refractivity contribution in [2.45, 2.75) is 33.1 Å². The van der Waals surface area contributed by atoms with Gasteiger partial charge in [0.25, 0.3) is 6.43 Å². The van der Waals surface area contributed by atoms with E-state index in [9.17, 15) is 17.2 Å². The first-order valence-corrected chi connectivity index (χ1v) is 9.36. The van der Waals surface area contributed by atoms with Crippen LogP contribution in [0.5, 0.6) is 0 Å². The van der Waals surface area contributed by atoms with Crippen molar-refractivity contribution in [2.75, 3.05) is 19.3 Å². The van der Waals surface area contributed by atoms with Crippen LogP contribution in [0, 0.1) is 5.92 Å². The van der Waals surface area contributed by atoms with Gasteiger partial charge in [-0.3, -0.25) is 5.84 Å². The third-order valence-corrected chi connectivity index (χ3v) is 5.16. The van der Waals surface area contributed by atoms with Crippen LogP contribution in [0.25, 0.3) is 0 Å². The van der Waals surface area contributed by atoms with E-state index in [0.717, 1.165) is 5.57 Å². The second-order valence-corrected chi connectivity index (χ2v) is 7.56. The molecular weight excluding hydrogens is 324 g/mol.